The topological polar surface area (TPSA) is 172 Å². The monoisotopic (exact) mass is 552 g/mol. The summed E-state index contributed by atoms with van der Waals surface area (Å²) in [5.74, 6) is -2.29. The summed E-state index contributed by atoms with van der Waals surface area (Å²) in [5, 5.41) is 21.7. The van der Waals surface area contributed by atoms with E-state index in [1.807, 2.05) is 12.1 Å². The Balaban J connectivity index is 0.000000405. The molecule has 0 atom stereocenters. The molecule has 190 valence electrons. The van der Waals surface area contributed by atoms with Crippen LogP contribution in [0.1, 0.15) is 10.6 Å². The first-order valence-corrected chi connectivity index (χ1v) is 11.0. The molecule has 0 fully saturated rings. The molecule has 5 rings (SSSR count). The maximum atomic E-state index is 12.1. The molecule has 12 nitrogen and oxygen atoms in total. The minimum atomic E-state index is -5.08. The number of halogens is 4. The van der Waals surface area contributed by atoms with Crippen LogP contribution in [-0.4, -0.2) is 52.7 Å². The van der Waals surface area contributed by atoms with Crippen LogP contribution in [0.15, 0.2) is 53.7 Å². The number of benzene rings is 1. The van der Waals surface area contributed by atoms with Gasteiger partial charge in [-0.15, -0.1) is 0 Å². The van der Waals surface area contributed by atoms with Gasteiger partial charge < -0.3 is 20.2 Å². The van der Waals surface area contributed by atoms with Crippen molar-refractivity contribution in [3.05, 3.63) is 60.0 Å². The first kappa shape index (κ1) is 25.5. The molecule has 0 spiro atoms. The van der Waals surface area contributed by atoms with E-state index in [0.717, 1.165) is 10.9 Å². The molecule has 1 amide bonds. The van der Waals surface area contributed by atoms with E-state index in [1.54, 1.807) is 24.5 Å². The fourth-order valence-corrected chi connectivity index (χ4v) is 3.59. The molecule has 0 unspecified atom stereocenters. The first-order chi connectivity index (χ1) is 17.6. The maximum absolute atomic E-state index is 12.1. The van der Waals surface area contributed by atoms with Crippen molar-refractivity contribution in [1.82, 2.24) is 29.5 Å². The second kappa shape index (κ2) is 10.6. The van der Waals surface area contributed by atoms with Gasteiger partial charge in [-0.05, 0) is 24.3 Å². The molecule has 0 aliphatic carbocycles. The van der Waals surface area contributed by atoms with Crippen molar-refractivity contribution in [3.63, 3.8) is 0 Å². The number of nitrogens with one attached hydrogen (secondary N) is 3. The highest BCUT2D eigenvalue weighted by molar-refractivity contribution is 7.10. The summed E-state index contributed by atoms with van der Waals surface area (Å²) in [6.07, 6.45) is 0.650. The van der Waals surface area contributed by atoms with Gasteiger partial charge in [-0.3, -0.25) is 9.89 Å². The van der Waals surface area contributed by atoms with Crippen LogP contribution < -0.4 is 10.6 Å². The highest BCUT2D eigenvalue weighted by Crippen LogP contribution is 2.33. The van der Waals surface area contributed by atoms with Gasteiger partial charge in [-0.25, -0.2) is 14.8 Å². The zero-order valence-corrected chi connectivity index (χ0v) is 19.5. The molecule has 4 heterocycles. The quantitative estimate of drug-likeness (QED) is 0.238. The highest BCUT2D eigenvalue weighted by Gasteiger charge is 2.38. The summed E-state index contributed by atoms with van der Waals surface area (Å²) in [5.41, 5.74) is 2.24. The number of aliphatic carboxylic acids is 1. The van der Waals surface area contributed by atoms with Gasteiger partial charge in [-0.2, -0.15) is 27.6 Å². The number of carboxylic acid groups (broad SMARTS) is 1. The number of rotatable bonds is 5. The lowest BCUT2D eigenvalue weighted by Gasteiger charge is -2.05. The molecule has 0 saturated heterocycles. The standard InChI is InChI=1S/C18H11ClN8O2S.C2HF3O2/c19-15-10-6-22-26-11(10)1-2-12(15)23-18-25-16(27-30-18)9-3-4-21-14(5-9)24-17(28)13-7-20-8-29-13;3-2(4,5)1(6)7/h1-8H,(H,22,26)(H,21,24,28)(H,23,25,27);(H,6,7). The van der Waals surface area contributed by atoms with Gasteiger partial charge in [0.1, 0.15) is 5.82 Å². The zero-order chi connectivity index (χ0) is 26.6. The van der Waals surface area contributed by atoms with Crippen molar-refractivity contribution < 1.29 is 32.3 Å². The van der Waals surface area contributed by atoms with Gasteiger partial charge in [0, 0.05) is 28.7 Å². The van der Waals surface area contributed by atoms with Crippen molar-refractivity contribution in [1.29, 1.82) is 0 Å². The van der Waals surface area contributed by atoms with E-state index >= 15 is 0 Å². The normalized spacial score (nSPS) is 11.0. The van der Waals surface area contributed by atoms with Gasteiger partial charge in [0.2, 0.25) is 10.9 Å². The molecule has 5 aromatic rings. The molecule has 17 heteroatoms. The van der Waals surface area contributed by atoms with Crippen LogP contribution in [0.5, 0.6) is 0 Å². The van der Waals surface area contributed by atoms with Gasteiger partial charge in [0.15, 0.2) is 12.2 Å². The Hall–Kier alpha value is -4.57. The molecule has 4 N–H and O–H groups in total. The Morgan fingerprint density at radius 1 is 1.19 bits per heavy atom. The molecular formula is C20H12ClF3N8O4S. The highest BCUT2D eigenvalue weighted by atomic mass is 35.5. The Kier molecular flexibility index (Phi) is 7.30. The third-order valence-electron chi connectivity index (χ3n) is 4.38. The number of aromatic amines is 1. The molecule has 37 heavy (non-hydrogen) atoms. The van der Waals surface area contributed by atoms with Crippen molar-refractivity contribution in [2.75, 3.05) is 10.6 Å². The van der Waals surface area contributed by atoms with Crippen LogP contribution in [0.25, 0.3) is 22.3 Å². The van der Waals surface area contributed by atoms with Crippen LogP contribution in [-0.2, 0) is 4.79 Å². The van der Waals surface area contributed by atoms with Crippen molar-refractivity contribution in [2.45, 2.75) is 6.18 Å². The third-order valence-corrected chi connectivity index (χ3v) is 5.42. The summed E-state index contributed by atoms with van der Waals surface area (Å²) >= 11 is 7.63. The number of H-pyrrole nitrogens is 1. The number of aromatic nitrogens is 6. The van der Waals surface area contributed by atoms with Gasteiger partial charge in [0.25, 0.3) is 5.91 Å². The summed E-state index contributed by atoms with van der Waals surface area (Å²) in [6.45, 7) is 0. The number of amides is 1. The summed E-state index contributed by atoms with van der Waals surface area (Å²) < 4.78 is 41.1. The molecule has 1 aromatic carbocycles. The predicted molar refractivity (Wildman–Crippen MR) is 126 cm³/mol. The third kappa shape index (κ3) is 6.17. The minimum absolute atomic E-state index is 0.0898. The molecule has 0 aliphatic heterocycles. The average Bonchev–Trinajstić information content (AvgIpc) is 3.63. The number of hydrogen-bond donors (Lipinski definition) is 4. The minimum Gasteiger partial charge on any atom is -0.475 e. The Labute approximate surface area is 212 Å². The lowest BCUT2D eigenvalue weighted by Crippen LogP contribution is -2.21. The number of carbonyl (C=O) groups is 2. The molecular weight excluding hydrogens is 541 g/mol. The number of pyridine rings is 1. The average molecular weight is 553 g/mol. The lowest BCUT2D eigenvalue weighted by atomic mass is 10.2. The SMILES string of the molecule is O=C(Nc1cc(-c2nsc(Nc3ccc4[nH]ncc4c3Cl)n2)ccn1)c1cnco1.O=C(O)C(F)(F)F. The van der Waals surface area contributed by atoms with E-state index in [4.69, 9.17) is 25.9 Å². The molecule has 0 bridgehead atoms. The fourth-order valence-electron chi connectivity index (χ4n) is 2.73. The number of nitrogens with zero attached hydrogens (tertiary/aromatic N) is 5. The number of anilines is 3. The number of carbonyl (C=O) groups excluding carboxylic acids is 1. The largest absolute Gasteiger partial charge is 0.490 e. The van der Waals surface area contributed by atoms with E-state index < -0.39 is 18.1 Å². The number of fused-ring (bicyclic) bond motifs is 1. The van der Waals surface area contributed by atoms with Gasteiger partial charge in [0.05, 0.1) is 28.6 Å². The fraction of sp³-hybridized carbons (Fsp3) is 0.0500. The van der Waals surface area contributed by atoms with Crippen molar-refractivity contribution in [3.8, 4) is 11.4 Å². The second-order valence-electron chi connectivity index (χ2n) is 6.86. The molecule has 0 radical (unpaired) electrons. The zero-order valence-electron chi connectivity index (χ0n) is 17.9. The molecule has 0 aliphatic rings. The van der Waals surface area contributed by atoms with Crippen LogP contribution in [0.4, 0.5) is 29.8 Å². The smallest absolute Gasteiger partial charge is 0.475 e. The van der Waals surface area contributed by atoms with Crippen molar-refractivity contribution in [2.24, 2.45) is 0 Å². The number of alkyl halides is 3. The predicted octanol–water partition coefficient (Wildman–Crippen LogP) is 4.75. The van der Waals surface area contributed by atoms with Crippen LogP contribution in [0.3, 0.4) is 0 Å². The summed E-state index contributed by atoms with van der Waals surface area (Å²) in [6, 6.07) is 7.14. The molecule has 4 aromatic heterocycles. The van der Waals surface area contributed by atoms with Gasteiger partial charge >= 0.3 is 12.1 Å². The van der Waals surface area contributed by atoms with Gasteiger partial charge in [-0.1, -0.05) is 11.6 Å². The summed E-state index contributed by atoms with van der Waals surface area (Å²) in [4.78, 5) is 33.3. The van der Waals surface area contributed by atoms with E-state index in [-0.39, 0.29) is 5.76 Å². The van der Waals surface area contributed by atoms with E-state index in [2.05, 4.69) is 40.2 Å². The van der Waals surface area contributed by atoms with E-state index in [9.17, 15) is 18.0 Å². The maximum Gasteiger partial charge on any atom is 0.490 e. The van der Waals surface area contributed by atoms with E-state index in [1.165, 1.54) is 24.1 Å². The molecule has 0 saturated carbocycles. The number of carboxylic acids is 1. The Morgan fingerprint density at radius 3 is 2.68 bits per heavy atom. The van der Waals surface area contributed by atoms with E-state index in [0.29, 0.717) is 33.0 Å². The second-order valence-corrected chi connectivity index (χ2v) is 7.99. The summed E-state index contributed by atoms with van der Waals surface area (Å²) in [7, 11) is 0. The lowest BCUT2D eigenvalue weighted by molar-refractivity contribution is -0.192. The number of oxazole rings is 1. The van der Waals surface area contributed by atoms with Crippen LogP contribution >= 0.6 is 23.1 Å². The van der Waals surface area contributed by atoms with Crippen LogP contribution in [0.2, 0.25) is 5.02 Å². The number of hydrogen-bond acceptors (Lipinski definition) is 10. The van der Waals surface area contributed by atoms with Crippen molar-refractivity contribution >= 4 is 62.5 Å². The first-order valence-electron chi connectivity index (χ1n) is 9.80. The Morgan fingerprint density at radius 2 is 1.97 bits per heavy atom. The Bertz CT molecular complexity index is 1550. The van der Waals surface area contributed by atoms with Crippen LogP contribution in [0, 0.1) is 0 Å².